The first-order chi connectivity index (χ1) is 49.5. The minimum absolute atomic E-state index is 0.0343. The van der Waals surface area contributed by atoms with Crippen LogP contribution in [0.15, 0.2) is 212 Å². The van der Waals surface area contributed by atoms with Crippen molar-refractivity contribution in [1.82, 2.24) is 4.57 Å². The van der Waals surface area contributed by atoms with Crippen LogP contribution in [0.5, 0.6) is 0 Å². The lowest BCUT2D eigenvalue weighted by Gasteiger charge is -2.34. The fraction of sp³-hybridized carbons (Fsp3) is 0.394. The fourth-order valence-corrected chi connectivity index (χ4v) is 16.7. The third kappa shape index (κ3) is 16.3. The van der Waals surface area contributed by atoms with Gasteiger partial charge in [-0.2, -0.15) is 0 Å². The van der Waals surface area contributed by atoms with Gasteiger partial charge in [-0.3, -0.25) is 0 Å². The molecule has 3 nitrogen and oxygen atoms in total. The van der Waals surface area contributed by atoms with Crippen LogP contribution in [0.3, 0.4) is 0 Å². The van der Waals surface area contributed by atoms with Crippen molar-refractivity contribution in [2.45, 2.75) is 253 Å². The molecule has 1 aliphatic carbocycles. The maximum Gasteiger partial charge on any atom is 0.0588 e. The summed E-state index contributed by atoms with van der Waals surface area (Å²) in [4.78, 5) is 4.83. The molecular formula is C99H119N3. The van der Waals surface area contributed by atoms with Gasteiger partial charge in [0, 0.05) is 56.0 Å². The van der Waals surface area contributed by atoms with Gasteiger partial charge in [0.05, 0.1) is 11.0 Å². The van der Waals surface area contributed by atoms with Crippen LogP contribution >= 0.6 is 0 Å². The van der Waals surface area contributed by atoms with Gasteiger partial charge in [-0.15, -0.1) is 0 Å². The summed E-state index contributed by atoms with van der Waals surface area (Å²) < 4.78 is 2.84. The monoisotopic (exact) mass is 1350 g/mol. The maximum atomic E-state index is 2.84. The summed E-state index contributed by atoms with van der Waals surface area (Å²) >= 11 is 0. The van der Waals surface area contributed by atoms with Gasteiger partial charge in [0.15, 0.2) is 0 Å². The zero-order valence-electron chi connectivity index (χ0n) is 64.5. The van der Waals surface area contributed by atoms with Crippen molar-refractivity contribution < 1.29 is 0 Å². The molecule has 12 rings (SSSR count). The number of fused-ring (bicyclic) bond motifs is 7. The highest BCUT2D eigenvalue weighted by atomic mass is 15.1. The average molecular weight is 1350 g/mol. The molecule has 1 aromatic heterocycles. The molecule has 10 aromatic carbocycles. The van der Waals surface area contributed by atoms with Gasteiger partial charge in [-0.05, 0) is 221 Å². The van der Waals surface area contributed by atoms with Crippen molar-refractivity contribution in [3.05, 3.63) is 257 Å². The van der Waals surface area contributed by atoms with E-state index in [0.29, 0.717) is 0 Å². The second kappa shape index (κ2) is 33.4. The summed E-state index contributed by atoms with van der Waals surface area (Å²) in [6, 6.07) is 82.9. The molecule has 0 radical (unpaired) electrons. The second-order valence-corrected chi connectivity index (χ2v) is 32.4. The predicted molar refractivity (Wildman–Crippen MR) is 446 cm³/mol. The maximum absolute atomic E-state index is 2.84. The van der Waals surface area contributed by atoms with E-state index in [2.05, 4.69) is 310 Å². The molecule has 0 saturated heterocycles. The van der Waals surface area contributed by atoms with Crippen molar-refractivity contribution in [1.29, 1.82) is 0 Å². The highest BCUT2D eigenvalue weighted by Gasteiger charge is 2.45. The van der Waals surface area contributed by atoms with Crippen LogP contribution in [-0.2, 0) is 29.1 Å². The first-order valence-electron chi connectivity index (χ1n) is 40.1. The number of hydrogen-bond acceptors (Lipinski definition) is 2. The SMILES string of the molecule is CCCCCCCCC1(CCCCCCCC)c2cc(C)ccc2-c2ccc3c4ccccc4n(-c4cc(CCCCCC)c(-c5ccc(N(c6ccc(-c7ccc(N(c8ccc(C)cc8)c8ccc(C(C)(C)C)cc8)cc7)cc6)c6ccc(C(C)(C)C)cc6)cc5)cc4CCCCCC)c3c21. The van der Waals surface area contributed by atoms with E-state index in [1.165, 1.54) is 236 Å². The largest absolute Gasteiger partial charge is 0.311 e. The Kier molecular flexibility index (Phi) is 24.0. The Morgan fingerprint density at radius 2 is 0.735 bits per heavy atom. The van der Waals surface area contributed by atoms with Gasteiger partial charge < -0.3 is 14.4 Å². The topological polar surface area (TPSA) is 11.4 Å². The summed E-state index contributed by atoms with van der Waals surface area (Å²) in [5.41, 5.74) is 30.5. The van der Waals surface area contributed by atoms with Gasteiger partial charge >= 0.3 is 0 Å². The lowest BCUT2D eigenvalue weighted by atomic mass is 9.70. The van der Waals surface area contributed by atoms with Gasteiger partial charge in [-0.25, -0.2) is 0 Å². The molecule has 0 bridgehead atoms. The smallest absolute Gasteiger partial charge is 0.0588 e. The van der Waals surface area contributed by atoms with Crippen LogP contribution in [-0.4, -0.2) is 4.57 Å². The van der Waals surface area contributed by atoms with E-state index in [9.17, 15) is 0 Å². The minimum atomic E-state index is -0.0768. The molecule has 0 fully saturated rings. The van der Waals surface area contributed by atoms with Crippen molar-refractivity contribution in [3.8, 4) is 39.1 Å². The van der Waals surface area contributed by atoms with Crippen LogP contribution in [0.25, 0.3) is 60.9 Å². The Morgan fingerprint density at radius 3 is 1.22 bits per heavy atom. The van der Waals surface area contributed by atoms with Crippen molar-refractivity contribution in [3.63, 3.8) is 0 Å². The molecule has 0 atom stereocenters. The van der Waals surface area contributed by atoms with E-state index in [4.69, 9.17) is 0 Å². The lowest BCUT2D eigenvalue weighted by Crippen LogP contribution is -2.26. The van der Waals surface area contributed by atoms with E-state index < -0.39 is 0 Å². The van der Waals surface area contributed by atoms with Gasteiger partial charge in [-0.1, -0.05) is 317 Å². The highest BCUT2D eigenvalue weighted by molar-refractivity contribution is 6.13. The van der Waals surface area contributed by atoms with Crippen molar-refractivity contribution in [2.24, 2.45) is 0 Å². The normalized spacial score (nSPS) is 12.7. The third-order valence-electron chi connectivity index (χ3n) is 22.7. The first kappa shape index (κ1) is 73.4. The molecule has 11 aromatic rings. The van der Waals surface area contributed by atoms with Crippen LogP contribution in [0.4, 0.5) is 34.1 Å². The number of benzene rings is 10. The van der Waals surface area contributed by atoms with E-state index in [1.807, 2.05) is 0 Å². The molecular weight excluding hydrogens is 1230 g/mol. The zero-order valence-corrected chi connectivity index (χ0v) is 64.5. The van der Waals surface area contributed by atoms with Crippen molar-refractivity contribution in [2.75, 3.05) is 9.80 Å². The van der Waals surface area contributed by atoms with Gasteiger partial charge in [0.1, 0.15) is 0 Å². The van der Waals surface area contributed by atoms with Crippen LogP contribution in [0.2, 0.25) is 0 Å². The zero-order chi connectivity index (χ0) is 71.4. The predicted octanol–water partition coefficient (Wildman–Crippen LogP) is 30.3. The number of hydrogen-bond donors (Lipinski definition) is 0. The lowest BCUT2D eigenvalue weighted by molar-refractivity contribution is 0.399. The Bertz CT molecular complexity index is 4490. The quantitative estimate of drug-likeness (QED) is 0.0380. The number of unbranched alkanes of at least 4 members (excludes halogenated alkanes) is 16. The van der Waals surface area contributed by atoms with Crippen LogP contribution in [0.1, 0.15) is 255 Å². The highest BCUT2D eigenvalue weighted by Crippen LogP contribution is 2.58. The number of nitrogens with zero attached hydrogens (tertiary/aromatic N) is 3. The second-order valence-electron chi connectivity index (χ2n) is 32.4. The molecule has 0 aliphatic heterocycles. The average Bonchev–Trinajstić information content (AvgIpc) is 1.53. The van der Waals surface area contributed by atoms with E-state index in [-0.39, 0.29) is 16.2 Å². The molecule has 0 spiro atoms. The summed E-state index contributed by atoms with van der Waals surface area (Å²) in [6.07, 6.45) is 29.9. The molecule has 3 heteroatoms. The Labute approximate surface area is 615 Å². The minimum Gasteiger partial charge on any atom is -0.311 e. The summed E-state index contributed by atoms with van der Waals surface area (Å²) in [7, 11) is 0. The molecule has 0 N–H and O–H groups in total. The third-order valence-corrected chi connectivity index (χ3v) is 22.7. The number of para-hydroxylation sites is 1. The number of aryl methyl sites for hydroxylation is 4. The number of rotatable bonds is 33. The van der Waals surface area contributed by atoms with E-state index >= 15 is 0 Å². The molecule has 0 amide bonds. The van der Waals surface area contributed by atoms with Crippen molar-refractivity contribution >= 4 is 55.9 Å². The Balaban J connectivity index is 0.959. The summed E-state index contributed by atoms with van der Waals surface area (Å²) in [5.74, 6) is 0. The molecule has 102 heavy (non-hydrogen) atoms. The number of aromatic nitrogens is 1. The Morgan fingerprint density at radius 1 is 0.333 bits per heavy atom. The first-order valence-corrected chi connectivity index (χ1v) is 40.1. The molecule has 0 unspecified atom stereocenters. The van der Waals surface area contributed by atoms with Crippen LogP contribution < -0.4 is 9.80 Å². The number of anilines is 6. The van der Waals surface area contributed by atoms with E-state index in [0.717, 1.165) is 47.0 Å². The van der Waals surface area contributed by atoms with Gasteiger partial charge in [0.25, 0.3) is 0 Å². The molecule has 0 saturated carbocycles. The van der Waals surface area contributed by atoms with Gasteiger partial charge in [0.2, 0.25) is 0 Å². The molecule has 1 heterocycles. The molecule has 1 aliphatic rings. The van der Waals surface area contributed by atoms with E-state index in [1.54, 1.807) is 11.1 Å². The molecule has 530 valence electrons. The fourth-order valence-electron chi connectivity index (χ4n) is 16.7. The Hall–Kier alpha value is -8.40. The summed E-state index contributed by atoms with van der Waals surface area (Å²) in [5, 5.41) is 2.78. The summed E-state index contributed by atoms with van der Waals surface area (Å²) in [6.45, 7) is 27.7. The van der Waals surface area contributed by atoms with Crippen LogP contribution in [0, 0.1) is 13.8 Å². The standard InChI is InChI=1S/C99H119N3/c1-13-17-21-25-27-33-67-99(68-34-28-26-22-18-14-2)92-69-73(6)41-64-87(92)89-65-66-90-88-37-31-32-38-93(88)102(96(90)95(89)99)94-71-77(35-29-23-19-15-3)91(70-78(94)36-30-24-20-16-4)76-46-58-84(59-47-76)101(86-62-50-80(51-63-86)98(10,11)12)83-56-44-75(45-57-83)74-42-54-82(55-43-74)100(81-52-39-72(5)40-53-81)85-60-48-79(49-61-85)97(7,8)9/h31-32,37-66,69-71H,13-30,33-36,67-68H2,1-12H3.